The van der Waals surface area contributed by atoms with Gasteiger partial charge in [0.15, 0.2) is 0 Å². The summed E-state index contributed by atoms with van der Waals surface area (Å²) < 4.78 is 27.0. The van der Waals surface area contributed by atoms with E-state index in [1.54, 1.807) is 12.1 Å². The van der Waals surface area contributed by atoms with Crippen molar-refractivity contribution < 1.29 is 13.2 Å². The average Bonchev–Trinajstić information content (AvgIpc) is 2.87. The molecular weight excluding hydrogens is 346 g/mol. The second-order valence-corrected chi connectivity index (χ2v) is 8.65. The van der Waals surface area contributed by atoms with E-state index in [4.69, 9.17) is 0 Å². The first-order chi connectivity index (χ1) is 12.5. The molecule has 134 valence electrons. The van der Waals surface area contributed by atoms with Crippen molar-refractivity contribution in [3.05, 3.63) is 70.8 Å². The Hall–Kier alpha value is -2.40. The quantitative estimate of drug-likeness (QED) is 0.816. The molecule has 2 aromatic carbocycles. The number of allylic oxidation sites excluding steroid dienone is 1. The Morgan fingerprint density at radius 2 is 1.77 bits per heavy atom. The minimum atomic E-state index is -3.80. The molecule has 2 heterocycles. The van der Waals surface area contributed by atoms with Gasteiger partial charge in [-0.05, 0) is 36.1 Å². The first kappa shape index (κ1) is 17.0. The van der Waals surface area contributed by atoms with Crippen molar-refractivity contribution in [1.82, 2.24) is 4.31 Å². The van der Waals surface area contributed by atoms with Gasteiger partial charge >= 0.3 is 0 Å². The van der Waals surface area contributed by atoms with Gasteiger partial charge in [-0.2, -0.15) is 0 Å². The van der Waals surface area contributed by atoms with Gasteiger partial charge in [-0.1, -0.05) is 55.8 Å². The zero-order valence-corrected chi connectivity index (χ0v) is 15.7. The van der Waals surface area contributed by atoms with Gasteiger partial charge in [-0.3, -0.25) is 4.79 Å². The Kier molecular flexibility index (Phi) is 3.99. The second-order valence-electron chi connectivity index (χ2n) is 6.90. The van der Waals surface area contributed by atoms with Gasteiger partial charge in [0.05, 0.1) is 10.6 Å². The van der Waals surface area contributed by atoms with Crippen LogP contribution in [-0.4, -0.2) is 18.6 Å². The van der Waals surface area contributed by atoms with E-state index in [-0.39, 0.29) is 23.1 Å². The van der Waals surface area contributed by atoms with Gasteiger partial charge < -0.3 is 0 Å². The van der Waals surface area contributed by atoms with Crippen molar-refractivity contribution in [2.45, 2.75) is 43.9 Å². The van der Waals surface area contributed by atoms with Gasteiger partial charge in [-0.15, -0.1) is 0 Å². The summed E-state index contributed by atoms with van der Waals surface area (Å²) in [5.74, 6) is -0.416. The Bertz CT molecular complexity index is 1040. The molecule has 0 spiro atoms. The summed E-state index contributed by atoms with van der Waals surface area (Å²) in [7, 11) is -3.80. The normalized spacial score (nSPS) is 20.9. The molecule has 0 aromatic heterocycles. The number of carbonyl (C=O) groups is 1. The van der Waals surface area contributed by atoms with Gasteiger partial charge in [0.2, 0.25) is 5.91 Å². The molecule has 1 atom stereocenters. The molecule has 1 amide bonds. The fourth-order valence-electron chi connectivity index (χ4n) is 4.16. The Morgan fingerprint density at radius 1 is 1.08 bits per heavy atom. The lowest BCUT2D eigenvalue weighted by Gasteiger charge is -2.33. The summed E-state index contributed by atoms with van der Waals surface area (Å²) in [6.45, 7) is 4.12. The zero-order chi connectivity index (χ0) is 18.5. The minimum absolute atomic E-state index is 0.0729. The van der Waals surface area contributed by atoms with E-state index < -0.39 is 10.0 Å². The molecule has 0 bridgehead atoms. The molecule has 0 N–H and O–H groups in total. The fraction of sp³-hybridized carbons (Fsp3) is 0.286. The number of sulfonamides is 1. The molecule has 0 fully saturated rings. The highest BCUT2D eigenvalue weighted by atomic mass is 32.2. The minimum Gasteiger partial charge on any atom is -0.273 e. The largest absolute Gasteiger partial charge is 0.273 e. The first-order valence-corrected chi connectivity index (χ1v) is 10.4. The summed E-state index contributed by atoms with van der Waals surface area (Å²) >= 11 is 0. The van der Waals surface area contributed by atoms with E-state index in [2.05, 4.69) is 13.0 Å². The molecule has 0 radical (unpaired) electrons. The lowest BCUT2D eigenvalue weighted by molar-refractivity contribution is -0.125. The first-order valence-electron chi connectivity index (χ1n) is 8.93. The molecule has 2 aliphatic rings. The number of hydrogen-bond donors (Lipinski definition) is 0. The molecular formula is C21H21NO3S. The van der Waals surface area contributed by atoms with Crippen LogP contribution in [0.5, 0.6) is 0 Å². The number of carbonyl (C=O) groups excluding carboxylic acids is 1. The molecule has 5 heteroatoms. The van der Waals surface area contributed by atoms with Gasteiger partial charge in [-0.25, -0.2) is 12.7 Å². The summed E-state index contributed by atoms with van der Waals surface area (Å²) in [6.07, 6.45) is 1.85. The smallest absolute Gasteiger partial charge is 0.271 e. The van der Waals surface area contributed by atoms with Crippen LogP contribution in [0.1, 0.15) is 48.8 Å². The molecule has 2 aromatic rings. The monoisotopic (exact) mass is 367 g/mol. The predicted molar refractivity (Wildman–Crippen MR) is 101 cm³/mol. The molecule has 4 rings (SSSR count). The summed E-state index contributed by atoms with van der Waals surface area (Å²) in [6, 6.07) is 15.0. The number of rotatable bonds is 3. The molecule has 26 heavy (non-hydrogen) atoms. The average molecular weight is 367 g/mol. The van der Waals surface area contributed by atoms with Crippen molar-refractivity contribution in [3.63, 3.8) is 0 Å². The molecule has 4 nitrogen and oxygen atoms in total. The Morgan fingerprint density at radius 3 is 2.50 bits per heavy atom. The van der Waals surface area contributed by atoms with E-state index in [9.17, 15) is 13.2 Å². The molecule has 0 aliphatic carbocycles. The standard InChI is InChI=1S/C21H21NO3S/c1-3-8-16-18(15-10-5-4-9-14(15)2)13-20(23)22-21(16)17-11-6-7-12-19(17)26(22,24)25/h4-7,9-12,18H,3,8,13H2,1-2H3/t18-/m1/s1. The predicted octanol–water partition coefficient (Wildman–Crippen LogP) is 4.22. The third kappa shape index (κ3) is 2.34. The van der Waals surface area contributed by atoms with Crippen LogP contribution in [0.15, 0.2) is 59.0 Å². The number of nitrogens with zero attached hydrogens (tertiary/aromatic N) is 1. The zero-order valence-electron chi connectivity index (χ0n) is 14.9. The molecule has 0 saturated heterocycles. The van der Waals surface area contributed by atoms with Gasteiger partial charge in [0.25, 0.3) is 10.0 Å². The summed E-state index contributed by atoms with van der Waals surface area (Å²) in [5.41, 5.74) is 4.53. The number of amides is 1. The van der Waals surface area contributed by atoms with E-state index in [0.29, 0.717) is 11.3 Å². The molecule has 2 aliphatic heterocycles. The van der Waals surface area contributed by atoms with E-state index >= 15 is 0 Å². The maximum absolute atomic E-state index is 13.0. The highest BCUT2D eigenvalue weighted by Crippen LogP contribution is 2.50. The van der Waals surface area contributed by atoms with Crippen molar-refractivity contribution in [2.24, 2.45) is 0 Å². The number of benzene rings is 2. The van der Waals surface area contributed by atoms with Crippen molar-refractivity contribution in [2.75, 3.05) is 0 Å². The van der Waals surface area contributed by atoms with Crippen LogP contribution in [0.25, 0.3) is 5.70 Å². The third-order valence-electron chi connectivity index (χ3n) is 5.28. The van der Waals surface area contributed by atoms with Crippen LogP contribution in [0, 0.1) is 6.92 Å². The third-order valence-corrected chi connectivity index (χ3v) is 7.06. The van der Waals surface area contributed by atoms with Crippen LogP contribution in [0.3, 0.4) is 0 Å². The number of fused-ring (bicyclic) bond motifs is 3. The lowest BCUT2D eigenvalue weighted by atomic mass is 9.79. The topological polar surface area (TPSA) is 54.5 Å². The lowest BCUT2D eigenvalue weighted by Crippen LogP contribution is -2.36. The summed E-state index contributed by atoms with van der Waals surface area (Å²) in [5, 5.41) is 0. The maximum Gasteiger partial charge on any atom is 0.271 e. The van der Waals surface area contributed by atoms with E-state index in [0.717, 1.165) is 33.8 Å². The van der Waals surface area contributed by atoms with E-state index in [1.807, 2.05) is 37.3 Å². The highest BCUT2D eigenvalue weighted by Gasteiger charge is 2.47. The van der Waals surface area contributed by atoms with Crippen LogP contribution in [0.4, 0.5) is 0 Å². The SMILES string of the molecule is CCCC1=C2c3ccccc3S(=O)(=O)N2C(=O)C[C@@H]1c1ccccc1C. The number of hydrogen-bond acceptors (Lipinski definition) is 3. The van der Waals surface area contributed by atoms with Gasteiger partial charge in [0, 0.05) is 17.9 Å². The molecule has 0 saturated carbocycles. The van der Waals surface area contributed by atoms with Crippen LogP contribution in [0.2, 0.25) is 0 Å². The molecule has 0 unspecified atom stereocenters. The van der Waals surface area contributed by atoms with Crippen molar-refractivity contribution in [3.8, 4) is 0 Å². The van der Waals surface area contributed by atoms with Gasteiger partial charge in [0.1, 0.15) is 0 Å². The van der Waals surface area contributed by atoms with Crippen LogP contribution < -0.4 is 0 Å². The van der Waals surface area contributed by atoms with Crippen molar-refractivity contribution in [1.29, 1.82) is 0 Å². The van der Waals surface area contributed by atoms with Crippen LogP contribution in [-0.2, 0) is 14.8 Å². The van der Waals surface area contributed by atoms with Crippen LogP contribution >= 0.6 is 0 Å². The Balaban J connectivity index is 2.02. The second kappa shape index (κ2) is 6.09. The van der Waals surface area contributed by atoms with E-state index in [1.165, 1.54) is 0 Å². The highest BCUT2D eigenvalue weighted by molar-refractivity contribution is 7.90. The summed E-state index contributed by atoms with van der Waals surface area (Å²) in [4.78, 5) is 13.2. The maximum atomic E-state index is 13.0. The number of aryl methyl sites for hydroxylation is 1. The Labute approximate surface area is 154 Å². The fourth-order valence-corrected chi connectivity index (χ4v) is 5.85. The van der Waals surface area contributed by atoms with Crippen molar-refractivity contribution >= 4 is 21.6 Å².